The monoisotopic (exact) mass is 293 g/mol. The van der Waals surface area contributed by atoms with Gasteiger partial charge in [0.05, 0.1) is 13.7 Å². The Labute approximate surface area is 124 Å². The van der Waals surface area contributed by atoms with Crippen molar-refractivity contribution < 1.29 is 9.53 Å². The molecule has 2 N–H and O–H groups in total. The number of piperazine rings is 1. The molecule has 2 rings (SSSR count). The molecule has 1 heterocycles. The van der Waals surface area contributed by atoms with Crippen molar-refractivity contribution in [1.29, 1.82) is 0 Å². The van der Waals surface area contributed by atoms with Crippen LogP contribution in [0.15, 0.2) is 18.2 Å². The minimum absolute atomic E-state index is 0.140. The van der Waals surface area contributed by atoms with Crippen LogP contribution in [0.2, 0.25) is 0 Å². The second kappa shape index (κ2) is 6.19. The van der Waals surface area contributed by atoms with Crippen molar-refractivity contribution in [3.05, 3.63) is 29.3 Å². The summed E-state index contributed by atoms with van der Waals surface area (Å²) in [4.78, 5) is 16.0. The predicted molar refractivity (Wildman–Crippen MR) is 81.8 cm³/mol. The van der Waals surface area contributed by atoms with E-state index in [4.69, 9.17) is 22.7 Å². The lowest BCUT2D eigenvalue weighted by Crippen LogP contribution is -2.48. The first kappa shape index (κ1) is 14.7. The first-order valence-electron chi connectivity index (χ1n) is 6.44. The standard InChI is InChI=1S/C14H19N3O2S/c1-16-5-6-17(9-13(16)18)8-11-7-10(14(15)20)3-4-12(11)19-2/h3-4,7H,5-6,8-9H2,1-2H3,(H2,15,20). The molecule has 6 heteroatoms. The Balaban J connectivity index is 2.17. The summed E-state index contributed by atoms with van der Waals surface area (Å²) < 4.78 is 5.36. The zero-order valence-electron chi connectivity index (χ0n) is 11.8. The molecule has 5 nitrogen and oxygen atoms in total. The van der Waals surface area contributed by atoms with Gasteiger partial charge in [-0.3, -0.25) is 9.69 Å². The van der Waals surface area contributed by atoms with E-state index in [2.05, 4.69) is 4.90 Å². The molecule has 0 unspecified atom stereocenters. The molecule has 108 valence electrons. The van der Waals surface area contributed by atoms with Crippen LogP contribution in [0, 0.1) is 0 Å². The highest BCUT2D eigenvalue weighted by molar-refractivity contribution is 7.80. The molecule has 1 fully saturated rings. The second-order valence-electron chi connectivity index (χ2n) is 4.92. The summed E-state index contributed by atoms with van der Waals surface area (Å²) in [6.07, 6.45) is 0. The third-order valence-corrected chi connectivity index (χ3v) is 3.73. The van der Waals surface area contributed by atoms with E-state index in [1.54, 1.807) is 12.0 Å². The zero-order chi connectivity index (χ0) is 14.7. The fraction of sp³-hybridized carbons (Fsp3) is 0.429. The van der Waals surface area contributed by atoms with Crippen molar-refractivity contribution in [2.75, 3.05) is 33.8 Å². The van der Waals surface area contributed by atoms with Gasteiger partial charge in [0.15, 0.2) is 0 Å². The quantitative estimate of drug-likeness (QED) is 0.824. The van der Waals surface area contributed by atoms with E-state index >= 15 is 0 Å². The van der Waals surface area contributed by atoms with Crippen molar-refractivity contribution >= 4 is 23.1 Å². The highest BCUT2D eigenvalue weighted by atomic mass is 32.1. The topological polar surface area (TPSA) is 58.8 Å². The molecule has 0 saturated carbocycles. The largest absolute Gasteiger partial charge is 0.496 e. The van der Waals surface area contributed by atoms with Crippen molar-refractivity contribution in [1.82, 2.24) is 9.80 Å². The summed E-state index contributed by atoms with van der Waals surface area (Å²) in [6.45, 7) is 2.68. The Hall–Kier alpha value is -1.66. The first-order chi connectivity index (χ1) is 9.51. The van der Waals surface area contributed by atoms with E-state index in [0.29, 0.717) is 18.1 Å². The van der Waals surface area contributed by atoms with Gasteiger partial charge in [-0.15, -0.1) is 0 Å². The minimum atomic E-state index is 0.140. The van der Waals surface area contributed by atoms with Gasteiger partial charge in [-0.25, -0.2) is 0 Å². The highest BCUT2D eigenvalue weighted by Gasteiger charge is 2.21. The molecule has 1 aliphatic rings. The van der Waals surface area contributed by atoms with Crippen molar-refractivity contribution in [3.8, 4) is 5.75 Å². The summed E-state index contributed by atoms with van der Waals surface area (Å²) in [5, 5.41) is 0. The predicted octanol–water partition coefficient (Wildman–Crippen LogP) is 0.603. The van der Waals surface area contributed by atoms with Gasteiger partial charge in [0.2, 0.25) is 5.91 Å². The molecular formula is C14H19N3O2S. The van der Waals surface area contributed by atoms with Gasteiger partial charge in [0.25, 0.3) is 0 Å². The Morgan fingerprint density at radius 3 is 2.80 bits per heavy atom. The summed E-state index contributed by atoms with van der Waals surface area (Å²) >= 11 is 5.00. The highest BCUT2D eigenvalue weighted by Crippen LogP contribution is 2.22. The van der Waals surface area contributed by atoms with Gasteiger partial charge < -0.3 is 15.4 Å². The number of thiocarbonyl (C=S) groups is 1. The fourth-order valence-electron chi connectivity index (χ4n) is 2.24. The van der Waals surface area contributed by atoms with Crippen molar-refractivity contribution in [2.45, 2.75) is 6.54 Å². The molecular weight excluding hydrogens is 274 g/mol. The summed E-state index contributed by atoms with van der Waals surface area (Å²) in [7, 11) is 3.46. The Morgan fingerprint density at radius 2 is 2.20 bits per heavy atom. The van der Waals surface area contributed by atoms with Crippen LogP contribution in [0.1, 0.15) is 11.1 Å². The van der Waals surface area contributed by atoms with Gasteiger partial charge in [-0.2, -0.15) is 0 Å². The number of rotatable bonds is 4. The van der Waals surface area contributed by atoms with E-state index < -0.39 is 0 Å². The molecule has 1 aliphatic heterocycles. The molecule has 20 heavy (non-hydrogen) atoms. The number of ether oxygens (including phenoxy) is 1. The lowest BCUT2D eigenvalue weighted by atomic mass is 10.1. The Morgan fingerprint density at radius 1 is 1.45 bits per heavy atom. The van der Waals surface area contributed by atoms with Gasteiger partial charge in [-0.05, 0) is 18.2 Å². The smallest absolute Gasteiger partial charge is 0.236 e. The zero-order valence-corrected chi connectivity index (χ0v) is 12.6. The first-order valence-corrected chi connectivity index (χ1v) is 6.85. The lowest BCUT2D eigenvalue weighted by Gasteiger charge is -2.32. The molecule has 0 bridgehead atoms. The number of hydrogen-bond acceptors (Lipinski definition) is 4. The Bertz CT molecular complexity index is 533. The molecule has 0 aliphatic carbocycles. The van der Waals surface area contributed by atoms with Crippen LogP contribution in [0.3, 0.4) is 0 Å². The normalized spacial score (nSPS) is 16.3. The van der Waals surface area contributed by atoms with Gasteiger partial charge in [-0.1, -0.05) is 12.2 Å². The number of carbonyl (C=O) groups is 1. The Kier molecular flexibility index (Phi) is 4.57. The number of methoxy groups -OCH3 is 1. The molecule has 1 saturated heterocycles. The number of benzene rings is 1. The minimum Gasteiger partial charge on any atom is -0.496 e. The number of carbonyl (C=O) groups excluding carboxylic acids is 1. The maximum absolute atomic E-state index is 11.7. The average Bonchev–Trinajstić information content (AvgIpc) is 2.42. The summed E-state index contributed by atoms with van der Waals surface area (Å²) in [5.41, 5.74) is 7.48. The van der Waals surface area contributed by atoms with Gasteiger partial charge in [0, 0.05) is 37.8 Å². The van der Waals surface area contributed by atoms with Crippen LogP contribution in [-0.2, 0) is 11.3 Å². The SMILES string of the molecule is COc1ccc(C(N)=S)cc1CN1CCN(C)C(=O)C1. The van der Waals surface area contributed by atoms with E-state index in [1.165, 1.54) is 0 Å². The fourth-order valence-corrected chi connectivity index (χ4v) is 2.37. The van der Waals surface area contributed by atoms with E-state index in [1.807, 2.05) is 25.2 Å². The molecule has 1 aromatic carbocycles. The molecule has 0 aromatic heterocycles. The van der Waals surface area contributed by atoms with Gasteiger partial charge in [0.1, 0.15) is 10.7 Å². The summed E-state index contributed by atoms with van der Waals surface area (Å²) in [5.74, 6) is 0.928. The number of nitrogens with zero attached hydrogens (tertiary/aromatic N) is 2. The number of hydrogen-bond donors (Lipinski definition) is 1. The van der Waals surface area contributed by atoms with Crippen LogP contribution < -0.4 is 10.5 Å². The van der Waals surface area contributed by atoms with Crippen molar-refractivity contribution in [2.24, 2.45) is 5.73 Å². The van der Waals surface area contributed by atoms with Crippen molar-refractivity contribution in [3.63, 3.8) is 0 Å². The van der Waals surface area contributed by atoms with Gasteiger partial charge >= 0.3 is 0 Å². The second-order valence-corrected chi connectivity index (χ2v) is 5.36. The third kappa shape index (κ3) is 3.26. The molecule has 1 aromatic rings. The van der Waals surface area contributed by atoms with Crippen LogP contribution >= 0.6 is 12.2 Å². The molecule has 1 amide bonds. The lowest BCUT2D eigenvalue weighted by molar-refractivity contribution is -0.134. The number of amides is 1. The maximum Gasteiger partial charge on any atom is 0.236 e. The number of nitrogens with two attached hydrogens (primary N) is 1. The maximum atomic E-state index is 11.7. The average molecular weight is 293 g/mol. The van der Waals surface area contributed by atoms with Crippen LogP contribution in [0.4, 0.5) is 0 Å². The summed E-state index contributed by atoms with van der Waals surface area (Å²) in [6, 6.07) is 5.64. The molecule has 0 atom stereocenters. The third-order valence-electron chi connectivity index (χ3n) is 3.50. The molecule has 0 radical (unpaired) electrons. The van der Waals surface area contributed by atoms with Crippen LogP contribution in [0.25, 0.3) is 0 Å². The van der Waals surface area contributed by atoms with Crippen LogP contribution in [-0.4, -0.2) is 54.5 Å². The number of likely N-dealkylation sites (N-methyl/N-ethyl adjacent to an activating group) is 1. The van der Waals surface area contributed by atoms with E-state index in [-0.39, 0.29) is 5.91 Å². The van der Waals surface area contributed by atoms with Crippen LogP contribution in [0.5, 0.6) is 5.75 Å². The molecule has 0 spiro atoms. The van der Waals surface area contributed by atoms with E-state index in [9.17, 15) is 4.79 Å². The van der Waals surface area contributed by atoms with E-state index in [0.717, 1.165) is 30.0 Å².